The summed E-state index contributed by atoms with van der Waals surface area (Å²) in [6.45, 7) is 8.46. The molecule has 3 rings (SSSR count). The molecule has 2 aromatic rings. The number of hydrogen-bond donors (Lipinski definition) is 1. The fourth-order valence-electron chi connectivity index (χ4n) is 3.10. The van der Waals surface area contributed by atoms with Crippen LogP contribution < -0.4 is 5.56 Å². The van der Waals surface area contributed by atoms with Gasteiger partial charge in [-0.15, -0.1) is 11.3 Å². The Morgan fingerprint density at radius 1 is 1.38 bits per heavy atom. The molecule has 24 heavy (non-hydrogen) atoms. The maximum atomic E-state index is 12.9. The molecule has 0 aromatic carbocycles. The number of amides is 1. The molecular weight excluding hydrogens is 324 g/mol. The Balaban J connectivity index is 1.95. The van der Waals surface area contributed by atoms with Gasteiger partial charge in [0.2, 0.25) is 0 Å². The number of likely N-dealkylation sites (tertiary alicyclic amines) is 1. The van der Waals surface area contributed by atoms with Gasteiger partial charge in [0.15, 0.2) is 0 Å². The minimum absolute atomic E-state index is 0.0156. The Hall–Kier alpha value is -2.02. The van der Waals surface area contributed by atoms with E-state index >= 15 is 0 Å². The molecule has 0 aliphatic carbocycles. The predicted molar refractivity (Wildman–Crippen MR) is 93.5 cm³/mol. The van der Waals surface area contributed by atoms with Crippen LogP contribution in [0.2, 0.25) is 0 Å². The summed E-state index contributed by atoms with van der Waals surface area (Å²) in [7, 11) is 0. The monoisotopic (exact) mass is 346 g/mol. The molecule has 1 aliphatic rings. The van der Waals surface area contributed by atoms with E-state index in [9.17, 15) is 9.59 Å². The van der Waals surface area contributed by atoms with Crippen molar-refractivity contribution in [2.45, 2.75) is 52.5 Å². The Morgan fingerprint density at radius 2 is 2.12 bits per heavy atom. The highest BCUT2D eigenvalue weighted by Crippen LogP contribution is 2.33. The molecule has 1 aliphatic heterocycles. The van der Waals surface area contributed by atoms with Gasteiger partial charge in [0.05, 0.1) is 22.4 Å². The second kappa shape index (κ2) is 6.47. The van der Waals surface area contributed by atoms with E-state index in [0.29, 0.717) is 17.2 Å². The van der Waals surface area contributed by atoms with Crippen molar-refractivity contribution in [2.24, 2.45) is 0 Å². The minimum Gasteiger partial charge on any atom is -0.328 e. The lowest BCUT2D eigenvalue weighted by Gasteiger charge is -2.24. The van der Waals surface area contributed by atoms with Crippen molar-refractivity contribution < 1.29 is 4.79 Å². The molecule has 3 heterocycles. The molecular formula is C17H22N4O2S. The SMILES string of the molecule is Cc1nc(C)c(C(=O)N2CCC[C@@H]2c2nc(C(C)C)cc(=O)[nH]2)s1. The van der Waals surface area contributed by atoms with Crippen molar-refractivity contribution >= 4 is 17.2 Å². The van der Waals surface area contributed by atoms with Crippen molar-refractivity contribution in [1.82, 2.24) is 19.9 Å². The third-order valence-corrected chi connectivity index (χ3v) is 5.36. The van der Waals surface area contributed by atoms with Gasteiger partial charge in [-0.25, -0.2) is 9.97 Å². The van der Waals surface area contributed by atoms with Crippen LogP contribution in [0.15, 0.2) is 10.9 Å². The number of nitrogens with one attached hydrogen (secondary N) is 1. The lowest BCUT2D eigenvalue weighted by Crippen LogP contribution is -2.32. The highest BCUT2D eigenvalue weighted by molar-refractivity contribution is 7.13. The standard InChI is InChI=1S/C17H22N4O2S/c1-9(2)12-8-14(22)20-16(19-12)13-6-5-7-21(13)17(23)15-10(3)18-11(4)24-15/h8-9,13H,5-7H2,1-4H3,(H,19,20,22)/t13-/m1/s1. The van der Waals surface area contributed by atoms with E-state index in [1.165, 1.54) is 17.4 Å². The molecule has 0 unspecified atom stereocenters. The first-order valence-electron chi connectivity index (χ1n) is 8.23. The Bertz CT molecular complexity index is 824. The Kier molecular flexibility index (Phi) is 4.54. The molecule has 0 saturated carbocycles. The van der Waals surface area contributed by atoms with Crippen LogP contribution in [-0.2, 0) is 0 Å². The molecule has 7 heteroatoms. The number of carbonyl (C=O) groups excluding carboxylic acids is 1. The van der Waals surface area contributed by atoms with Gasteiger partial charge in [-0.1, -0.05) is 13.8 Å². The van der Waals surface area contributed by atoms with Crippen LogP contribution >= 0.6 is 11.3 Å². The predicted octanol–water partition coefficient (Wildman–Crippen LogP) is 2.94. The molecule has 0 bridgehead atoms. The van der Waals surface area contributed by atoms with Gasteiger partial charge in [-0.3, -0.25) is 9.59 Å². The summed E-state index contributed by atoms with van der Waals surface area (Å²) in [6.07, 6.45) is 1.72. The zero-order valence-electron chi connectivity index (χ0n) is 14.4. The third kappa shape index (κ3) is 3.13. The number of carbonyl (C=O) groups is 1. The zero-order chi connectivity index (χ0) is 17.4. The molecule has 1 atom stereocenters. The highest BCUT2D eigenvalue weighted by atomic mass is 32.1. The number of hydrogen-bond acceptors (Lipinski definition) is 5. The maximum absolute atomic E-state index is 12.9. The normalized spacial score (nSPS) is 17.7. The van der Waals surface area contributed by atoms with E-state index in [1.807, 2.05) is 32.6 Å². The van der Waals surface area contributed by atoms with Crippen molar-refractivity contribution in [1.29, 1.82) is 0 Å². The Labute approximate surface area is 145 Å². The largest absolute Gasteiger partial charge is 0.328 e. The summed E-state index contributed by atoms with van der Waals surface area (Å²) < 4.78 is 0. The average molecular weight is 346 g/mol. The number of rotatable bonds is 3. The molecule has 6 nitrogen and oxygen atoms in total. The summed E-state index contributed by atoms with van der Waals surface area (Å²) in [5.74, 6) is 0.747. The van der Waals surface area contributed by atoms with Crippen molar-refractivity contribution in [2.75, 3.05) is 6.54 Å². The molecule has 0 radical (unpaired) electrons. The van der Waals surface area contributed by atoms with Gasteiger partial charge in [-0.2, -0.15) is 0 Å². The topological polar surface area (TPSA) is 79.0 Å². The van der Waals surface area contributed by atoms with E-state index < -0.39 is 0 Å². The number of thiazole rings is 1. The second-order valence-corrected chi connectivity index (χ2v) is 7.72. The minimum atomic E-state index is -0.175. The van der Waals surface area contributed by atoms with E-state index in [1.54, 1.807) is 0 Å². The quantitative estimate of drug-likeness (QED) is 0.927. The van der Waals surface area contributed by atoms with Gasteiger partial charge >= 0.3 is 0 Å². The van der Waals surface area contributed by atoms with Crippen LogP contribution in [0.3, 0.4) is 0 Å². The fourth-order valence-corrected chi connectivity index (χ4v) is 3.98. The summed E-state index contributed by atoms with van der Waals surface area (Å²) in [5, 5.41) is 0.889. The van der Waals surface area contributed by atoms with Gasteiger partial charge in [-0.05, 0) is 32.6 Å². The summed E-state index contributed by atoms with van der Waals surface area (Å²) in [5.41, 5.74) is 1.37. The molecule has 1 N–H and O–H groups in total. The average Bonchev–Trinajstić information content (AvgIpc) is 3.12. The van der Waals surface area contributed by atoms with E-state index in [4.69, 9.17) is 0 Å². The summed E-state index contributed by atoms with van der Waals surface area (Å²) in [4.78, 5) is 39.2. The van der Waals surface area contributed by atoms with Crippen LogP contribution in [0, 0.1) is 13.8 Å². The van der Waals surface area contributed by atoms with E-state index in [0.717, 1.165) is 29.2 Å². The lowest BCUT2D eigenvalue weighted by molar-refractivity contribution is 0.0733. The fraction of sp³-hybridized carbons (Fsp3) is 0.529. The first-order chi connectivity index (χ1) is 11.4. The van der Waals surface area contributed by atoms with Gasteiger partial charge in [0.1, 0.15) is 10.7 Å². The Morgan fingerprint density at radius 3 is 2.75 bits per heavy atom. The van der Waals surface area contributed by atoms with Crippen LogP contribution in [0.1, 0.15) is 70.5 Å². The van der Waals surface area contributed by atoms with Gasteiger partial charge in [0.25, 0.3) is 11.5 Å². The smallest absolute Gasteiger partial charge is 0.266 e. The highest BCUT2D eigenvalue weighted by Gasteiger charge is 2.34. The first kappa shape index (κ1) is 16.8. The van der Waals surface area contributed by atoms with E-state index in [-0.39, 0.29) is 23.4 Å². The second-order valence-electron chi connectivity index (χ2n) is 6.51. The van der Waals surface area contributed by atoms with Crippen LogP contribution in [0.4, 0.5) is 0 Å². The van der Waals surface area contributed by atoms with Crippen LogP contribution in [-0.4, -0.2) is 32.3 Å². The van der Waals surface area contributed by atoms with Crippen molar-refractivity contribution in [3.05, 3.63) is 43.5 Å². The molecule has 0 spiro atoms. The zero-order valence-corrected chi connectivity index (χ0v) is 15.2. The van der Waals surface area contributed by atoms with Crippen molar-refractivity contribution in [3.63, 3.8) is 0 Å². The van der Waals surface area contributed by atoms with Gasteiger partial charge in [0, 0.05) is 12.6 Å². The lowest BCUT2D eigenvalue weighted by atomic mass is 10.1. The molecule has 128 valence electrons. The van der Waals surface area contributed by atoms with Crippen LogP contribution in [0.25, 0.3) is 0 Å². The summed E-state index contributed by atoms with van der Waals surface area (Å²) >= 11 is 1.42. The number of aromatic amines is 1. The number of H-pyrrole nitrogens is 1. The molecule has 1 fully saturated rings. The van der Waals surface area contributed by atoms with Crippen molar-refractivity contribution in [3.8, 4) is 0 Å². The first-order valence-corrected chi connectivity index (χ1v) is 9.04. The third-order valence-electron chi connectivity index (χ3n) is 4.30. The van der Waals surface area contributed by atoms with Gasteiger partial charge < -0.3 is 9.88 Å². The summed E-state index contributed by atoms with van der Waals surface area (Å²) in [6, 6.07) is 1.36. The molecule has 1 amide bonds. The molecule has 2 aromatic heterocycles. The van der Waals surface area contributed by atoms with Crippen LogP contribution in [0.5, 0.6) is 0 Å². The molecule has 1 saturated heterocycles. The number of aryl methyl sites for hydroxylation is 2. The van der Waals surface area contributed by atoms with E-state index in [2.05, 4.69) is 15.0 Å². The number of nitrogens with zero attached hydrogens (tertiary/aromatic N) is 3. The maximum Gasteiger partial charge on any atom is 0.266 e. The number of aromatic nitrogens is 3.